The second-order valence-electron chi connectivity index (χ2n) is 4.63. The van der Waals surface area contributed by atoms with Crippen LogP contribution in [0.1, 0.15) is 17.3 Å². The van der Waals surface area contributed by atoms with E-state index >= 15 is 0 Å². The summed E-state index contributed by atoms with van der Waals surface area (Å²) in [6.07, 6.45) is -0.636. The van der Waals surface area contributed by atoms with Crippen molar-refractivity contribution in [3.63, 3.8) is 0 Å². The average Bonchev–Trinajstić information content (AvgIpc) is 2.55. The highest BCUT2D eigenvalue weighted by Gasteiger charge is 2.15. The minimum atomic E-state index is -0.636. The number of ether oxygens (including phenoxy) is 2. The maximum absolute atomic E-state index is 12.1. The Balaban J connectivity index is 1.95. The SMILES string of the molecule is COC(=O)c1ccc(NC(=O)[C@@H](C)Oc2ccccc2)cc1. The number of para-hydroxylation sites is 1. The Hall–Kier alpha value is -2.82. The molecule has 1 N–H and O–H groups in total. The number of rotatable bonds is 5. The van der Waals surface area contributed by atoms with Gasteiger partial charge >= 0.3 is 5.97 Å². The summed E-state index contributed by atoms with van der Waals surface area (Å²) >= 11 is 0. The molecule has 0 aliphatic heterocycles. The molecule has 1 amide bonds. The van der Waals surface area contributed by atoms with Gasteiger partial charge in [0.2, 0.25) is 0 Å². The Labute approximate surface area is 128 Å². The first-order valence-corrected chi connectivity index (χ1v) is 6.81. The van der Waals surface area contributed by atoms with Crippen LogP contribution >= 0.6 is 0 Å². The van der Waals surface area contributed by atoms with E-state index in [-0.39, 0.29) is 5.91 Å². The minimum absolute atomic E-state index is 0.269. The third-order valence-electron chi connectivity index (χ3n) is 3.00. The highest BCUT2D eigenvalue weighted by molar-refractivity contribution is 5.95. The van der Waals surface area contributed by atoms with Crippen molar-refractivity contribution in [3.8, 4) is 5.75 Å². The summed E-state index contributed by atoms with van der Waals surface area (Å²) < 4.78 is 10.2. The van der Waals surface area contributed by atoms with Crippen LogP contribution in [-0.2, 0) is 9.53 Å². The fourth-order valence-corrected chi connectivity index (χ4v) is 1.81. The van der Waals surface area contributed by atoms with Crippen molar-refractivity contribution in [2.45, 2.75) is 13.0 Å². The molecule has 0 heterocycles. The highest BCUT2D eigenvalue weighted by Crippen LogP contribution is 2.14. The third kappa shape index (κ3) is 4.09. The van der Waals surface area contributed by atoms with Crippen LogP contribution in [0, 0.1) is 0 Å². The van der Waals surface area contributed by atoms with Crippen LogP contribution in [0.4, 0.5) is 5.69 Å². The van der Waals surface area contributed by atoms with Crippen molar-refractivity contribution in [1.29, 1.82) is 0 Å². The molecule has 0 saturated carbocycles. The van der Waals surface area contributed by atoms with Crippen molar-refractivity contribution < 1.29 is 19.1 Å². The number of hydrogen-bond donors (Lipinski definition) is 1. The molecule has 0 bridgehead atoms. The van der Waals surface area contributed by atoms with E-state index < -0.39 is 12.1 Å². The van der Waals surface area contributed by atoms with E-state index in [9.17, 15) is 9.59 Å². The molecule has 0 spiro atoms. The van der Waals surface area contributed by atoms with Crippen LogP contribution in [0.15, 0.2) is 54.6 Å². The summed E-state index contributed by atoms with van der Waals surface area (Å²) in [6, 6.07) is 15.6. The Morgan fingerprint density at radius 1 is 1.00 bits per heavy atom. The molecule has 0 aromatic heterocycles. The number of nitrogens with one attached hydrogen (secondary N) is 1. The lowest BCUT2D eigenvalue weighted by molar-refractivity contribution is -0.122. The monoisotopic (exact) mass is 299 g/mol. The molecule has 0 aliphatic carbocycles. The van der Waals surface area contributed by atoms with E-state index in [2.05, 4.69) is 10.1 Å². The summed E-state index contributed by atoms with van der Waals surface area (Å²) in [7, 11) is 1.32. The molecule has 114 valence electrons. The largest absolute Gasteiger partial charge is 0.481 e. The molecule has 5 nitrogen and oxygen atoms in total. The van der Waals surface area contributed by atoms with Crippen molar-refractivity contribution in [3.05, 3.63) is 60.2 Å². The zero-order chi connectivity index (χ0) is 15.9. The van der Waals surface area contributed by atoms with Crippen LogP contribution in [0.3, 0.4) is 0 Å². The molecule has 0 unspecified atom stereocenters. The predicted molar refractivity (Wildman–Crippen MR) is 82.9 cm³/mol. The van der Waals surface area contributed by atoms with Gasteiger partial charge in [-0.25, -0.2) is 4.79 Å². The Kier molecular flexibility index (Phi) is 5.14. The van der Waals surface area contributed by atoms with Crippen molar-refractivity contribution in [2.24, 2.45) is 0 Å². The Bertz CT molecular complexity index is 637. The molecule has 0 aliphatic rings. The van der Waals surface area contributed by atoms with Gasteiger partial charge in [-0.15, -0.1) is 0 Å². The lowest BCUT2D eigenvalue weighted by Crippen LogP contribution is -2.30. The normalized spacial score (nSPS) is 11.4. The van der Waals surface area contributed by atoms with Crippen molar-refractivity contribution in [1.82, 2.24) is 0 Å². The van der Waals surface area contributed by atoms with E-state index in [0.717, 1.165) is 0 Å². The van der Waals surface area contributed by atoms with E-state index in [0.29, 0.717) is 17.0 Å². The predicted octanol–water partition coefficient (Wildman–Crippen LogP) is 2.88. The highest BCUT2D eigenvalue weighted by atomic mass is 16.5. The van der Waals surface area contributed by atoms with E-state index in [1.807, 2.05) is 18.2 Å². The van der Waals surface area contributed by atoms with Crippen LogP contribution in [0.2, 0.25) is 0 Å². The first kappa shape index (κ1) is 15.6. The molecule has 22 heavy (non-hydrogen) atoms. The van der Waals surface area contributed by atoms with Gasteiger partial charge in [-0.1, -0.05) is 18.2 Å². The number of esters is 1. The molecule has 0 fully saturated rings. The lowest BCUT2D eigenvalue weighted by Gasteiger charge is -2.14. The molecular weight excluding hydrogens is 282 g/mol. The van der Waals surface area contributed by atoms with Gasteiger partial charge in [-0.05, 0) is 43.3 Å². The van der Waals surface area contributed by atoms with Gasteiger partial charge in [0.1, 0.15) is 5.75 Å². The minimum Gasteiger partial charge on any atom is -0.481 e. The maximum atomic E-state index is 12.1. The van der Waals surface area contributed by atoms with Crippen molar-refractivity contribution >= 4 is 17.6 Å². The number of benzene rings is 2. The number of amides is 1. The zero-order valence-corrected chi connectivity index (χ0v) is 12.4. The Morgan fingerprint density at radius 2 is 1.64 bits per heavy atom. The van der Waals surface area contributed by atoms with Crippen LogP contribution in [-0.4, -0.2) is 25.1 Å². The third-order valence-corrected chi connectivity index (χ3v) is 3.00. The van der Waals surface area contributed by atoms with E-state index in [1.54, 1.807) is 43.3 Å². The Morgan fingerprint density at radius 3 is 2.23 bits per heavy atom. The number of carbonyl (C=O) groups is 2. The van der Waals surface area contributed by atoms with Gasteiger partial charge in [0.25, 0.3) is 5.91 Å². The average molecular weight is 299 g/mol. The summed E-state index contributed by atoms with van der Waals surface area (Å²) in [5.74, 6) is -0.0560. The van der Waals surface area contributed by atoms with Gasteiger partial charge in [-0.2, -0.15) is 0 Å². The molecule has 1 atom stereocenters. The summed E-state index contributed by atoms with van der Waals surface area (Å²) in [5, 5.41) is 2.73. The van der Waals surface area contributed by atoms with Gasteiger partial charge < -0.3 is 14.8 Å². The molecule has 2 rings (SSSR count). The standard InChI is InChI=1S/C17H17NO4/c1-12(22-15-6-4-3-5-7-15)16(19)18-14-10-8-13(9-11-14)17(20)21-2/h3-12H,1-2H3,(H,18,19)/t12-/m1/s1. The van der Waals surface area contributed by atoms with Crippen LogP contribution in [0.5, 0.6) is 5.75 Å². The molecule has 0 radical (unpaired) electrons. The fourth-order valence-electron chi connectivity index (χ4n) is 1.81. The fraction of sp³-hybridized carbons (Fsp3) is 0.176. The molecule has 5 heteroatoms. The van der Waals surface area contributed by atoms with Gasteiger partial charge in [-0.3, -0.25) is 4.79 Å². The summed E-state index contributed by atoms with van der Waals surface area (Å²) in [5.41, 5.74) is 1.01. The van der Waals surface area contributed by atoms with Gasteiger partial charge in [0, 0.05) is 5.69 Å². The maximum Gasteiger partial charge on any atom is 0.337 e. The molecule has 2 aromatic rings. The summed E-state index contributed by atoms with van der Waals surface area (Å²) in [6.45, 7) is 1.67. The lowest BCUT2D eigenvalue weighted by atomic mass is 10.2. The van der Waals surface area contributed by atoms with Gasteiger partial charge in [0.05, 0.1) is 12.7 Å². The van der Waals surface area contributed by atoms with Crippen molar-refractivity contribution in [2.75, 3.05) is 12.4 Å². The summed E-state index contributed by atoms with van der Waals surface area (Å²) in [4.78, 5) is 23.4. The first-order chi connectivity index (χ1) is 10.6. The smallest absolute Gasteiger partial charge is 0.337 e. The molecule has 0 saturated heterocycles. The number of anilines is 1. The van der Waals surface area contributed by atoms with Crippen LogP contribution in [0.25, 0.3) is 0 Å². The topological polar surface area (TPSA) is 64.6 Å². The van der Waals surface area contributed by atoms with E-state index in [4.69, 9.17) is 4.74 Å². The van der Waals surface area contributed by atoms with Crippen LogP contribution < -0.4 is 10.1 Å². The van der Waals surface area contributed by atoms with Gasteiger partial charge in [0.15, 0.2) is 6.10 Å². The molecular formula is C17H17NO4. The number of hydrogen-bond acceptors (Lipinski definition) is 4. The molecule has 2 aromatic carbocycles. The quantitative estimate of drug-likeness (QED) is 0.862. The zero-order valence-electron chi connectivity index (χ0n) is 12.4. The number of carbonyl (C=O) groups excluding carboxylic acids is 2. The van der Waals surface area contributed by atoms with E-state index in [1.165, 1.54) is 7.11 Å². The number of methoxy groups -OCH3 is 1. The second-order valence-corrected chi connectivity index (χ2v) is 4.63. The first-order valence-electron chi connectivity index (χ1n) is 6.81. The second kappa shape index (κ2) is 7.26.